The van der Waals surface area contributed by atoms with Gasteiger partial charge in [0.05, 0.1) is 13.2 Å². The molecule has 0 amide bonds. The monoisotopic (exact) mass is 331 g/mol. The number of unbranched alkanes of at least 4 members (excludes halogenated alkanes) is 5. The van der Waals surface area contributed by atoms with Crippen LogP contribution in [0.1, 0.15) is 78.6 Å². The van der Waals surface area contributed by atoms with Crippen molar-refractivity contribution in [3.05, 3.63) is 0 Å². The first kappa shape index (κ1) is 20.3. The highest BCUT2D eigenvalue weighted by molar-refractivity contribution is 6.20. The molecule has 22 heavy (non-hydrogen) atoms. The predicted molar refractivity (Wildman–Crippen MR) is 97.9 cm³/mol. The van der Waals surface area contributed by atoms with E-state index in [4.69, 9.17) is 16.3 Å². The van der Waals surface area contributed by atoms with Gasteiger partial charge >= 0.3 is 0 Å². The maximum atomic E-state index is 6.68. The first-order valence-corrected chi connectivity index (χ1v) is 10.1. The van der Waals surface area contributed by atoms with E-state index >= 15 is 0 Å². The molecule has 0 bridgehead atoms. The van der Waals surface area contributed by atoms with E-state index in [1.165, 1.54) is 51.4 Å². The maximum absolute atomic E-state index is 6.68. The van der Waals surface area contributed by atoms with Gasteiger partial charge in [0.15, 0.2) is 0 Å². The van der Waals surface area contributed by atoms with Crippen molar-refractivity contribution in [2.75, 3.05) is 26.3 Å². The zero-order valence-corrected chi connectivity index (χ0v) is 15.9. The molecule has 3 heteroatoms. The number of alkyl halides is 1. The Morgan fingerprint density at radius 2 is 1.64 bits per heavy atom. The molecule has 2 nitrogen and oxygen atoms in total. The normalized spacial score (nSPS) is 20.7. The largest absolute Gasteiger partial charge is 0.379 e. The van der Waals surface area contributed by atoms with Crippen LogP contribution in [0, 0.1) is 5.92 Å². The van der Waals surface area contributed by atoms with Crippen LogP contribution in [0.4, 0.5) is 0 Å². The second kappa shape index (κ2) is 12.6. The molecule has 1 aliphatic heterocycles. The van der Waals surface area contributed by atoms with Gasteiger partial charge in [-0.3, -0.25) is 4.90 Å². The van der Waals surface area contributed by atoms with Crippen LogP contribution in [0.15, 0.2) is 0 Å². The van der Waals surface area contributed by atoms with E-state index in [1.54, 1.807) is 0 Å². The van der Waals surface area contributed by atoms with Crippen LogP contribution >= 0.6 is 11.6 Å². The molecule has 3 unspecified atom stereocenters. The van der Waals surface area contributed by atoms with Gasteiger partial charge in [-0.05, 0) is 18.8 Å². The van der Waals surface area contributed by atoms with Gasteiger partial charge < -0.3 is 4.74 Å². The molecule has 0 aromatic carbocycles. The van der Waals surface area contributed by atoms with Crippen LogP contribution in [0.25, 0.3) is 0 Å². The molecule has 3 atom stereocenters. The second-order valence-corrected chi connectivity index (χ2v) is 7.61. The van der Waals surface area contributed by atoms with Gasteiger partial charge in [0.25, 0.3) is 0 Å². The number of rotatable bonds is 12. The SMILES string of the molecule is CCCCCCCCC(Cl)CC(C(C)CC)N1CCOCC1. The third-order valence-corrected chi connectivity index (χ3v) is 5.58. The third kappa shape index (κ3) is 8.17. The van der Waals surface area contributed by atoms with Crippen molar-refractivity contribution in [3.8, 4) is 0 Å². The summed E-state index contributed by atoms with van der Waals surface area (Å²) < 4.78 is 5.51. The van der Waals surface area contributed by atoms with E-state index in [1.807, 2.05) is 0 Å². The fourth-order valence-corrected chi connectivity index (χ4v) is 3.79. The Morgan fingerprint density at radius 3 is 2.27 bits per heavy atom. The lowest BCUT2D eigenvalue weighted by molar-refractivity contribution is 0.00149. The molecule has 1 heterocycles. The quantitative estimate of drug-likeness (QED) is 0.347. The number of nitrogens with zero attached hydrogens (tertiary/aromatic N) is 1. The van der Waals surface area contributed by atoms with Crippen molar-refractivity contribution in [1.29, 1.82) is 0 Å². The number of hydrogen-bond acceptors (Lipinski definition) is 2. The van der Waals surface area contributed by atoms with E-state index in [0.29, 0.717) is 11.4 Å². The molecule has 132 valence electrons. The Balaban J connectivity index is 2.28. The molecule has 0 radical (unpaired) electrons. The lowest BCUT2D eigenvalue weighted by Gasteiger charge is -2.38. The summed E-state index contributed by atoms with van der Waals surface area (Å²) in [6.07, 6.45) is 11.7. The van der Waals surface area contributed by atoms with Crippen LogP contribution in [-0.2, 0) is 4.74 Å². The van der Waals surface area contributed by atoms with Crippen molar-refractivity contribution in [2.24, 2.45) is 5.92 Å². The van der Waals surface area contributed by atoms with Gasteiger partial charge in [0.1, 0.15) is 0 Å². The molecule has 0 N–H and O–H groups in total. The van der Waals surface area contributed by atoms with Crippen molar-refractivity contribution in [1.82, 2.24) is 4.90 Å². The van der Waals surface area contributed by atoms with Crippen LogP contribution in [0.2, 0.25) is 0 Å². The summed E-state index contributed by atoms with van der Waals surface area (Å²) in [6.45, 7) is 10.9. The Hall–Kier alpha value is 0.210. The van der Waals surface area contributed by atoms with E-state index in [2.05, 4.69) is 25.7 Å². The first-order valence-electron chi connectivity index (χ1n) is 9.64. The van der Waals surface area contributed by atoms with Gasteiger partial charge in [-0.15, -0.1) is 11.6 Å². The summed E-state index contributed by atoms with van der Waals surface area (Å²) in [5.74, 6) is 0.726. The highest BCUT2D eigenvalue weighted by Gasteiger charge is 2.27. The van der Waals surface area contributed by atoms with Crippen molar-refractivity contribution in [3.63, 3.8) is 0 Å². The smallest absolute Gasteiger partial charge is 0.0594 e. The second-order valence-electron chi connectivity index (χ2n) is 6.99. The summed E-state index contributed by atoms with van der Waals surface area (Å²) in [6, 6.07) is 0.636. The Bertz CT molecular complexity index is 256. The molecular weight excluding hydrogens is 294 g/mol. The highest BCUT2D eigenvalue weighted by atomic mass is 35.5. The lowest BCUT2D eigenvalue weighted by Crippen LogP contribution is -2.47. The summed E-state index contributed by atoms with van der Waals surface area (Å²) in [7, 11) is 0. The molecule has 1 aliphatic rings. The van der Waals surface area contributed by atoms with Gasteiger partial charge in [-0.1, -0.05) is 65.7 Å². The molecule has 1 saturated heterocycles. The van der Waals surface area contributed by atoms with Gasteiger partial charge in [-0.2, -0.15) is 0 Å². The zero-order valence-electron chi connectivity index (χ0n) is 15.2. The van der Waals surface area contributed by atoms with E-state index in [9.17, 15) is 0 Å². The van der Waals surface area contributed by atoms with E-state index in [-0.39, 0.29) is 0 Å². The van der Waals surface area contributed by atoms with E-state index in [0.717, 1.165) is 38.6 Å². The molecule has 0 saturated carbocycles. The minimum absolute atomic E-state index is 0.341. The maximum Gasteiger partial charge on any atom is 0.0594 e. The fourth-order valence-electron chi connectivity index (χ4n) is 3.45. The van der Waals surface area contributed by atoms with Crippen LogP contribution < -0.4 is 0 Å². The summed E-state index contributed by atoms with van der Waals surface area (Å²) in [5, 5.41) is 0.341. The number of ether oxygens (including phenoxy) is 1. The fraction of sp³-hybridized carbons (Fsp3) is 1.00. The Morgan fingerprint density at radius 1 is 1.00 bits per heavy atom. The first-order chi connectivity index (χ1) is 10.7. The van der Waals surface area contributed by atoms with E-state index < -0.39 is 0 Å². The van der Waals surface area contributed by atoms with Crippen molar-refractivity contribution < 1.29 is 4.74 Å². The number of hydrogen-bond donors (Lipinski definition) is 0. The van der Waals surface area contributed by atoms with Crippen LogP contribution in [-0.4, -0.2) is 42.6 Å². The molecule has 1 fully saturated rings. The molecule has 0 aliphatic carbocycles. The minimum atomic E-state index is 0.341. The summed E-state index contributed by atoms with van der Waals surface area (Å²) in [4.78, 5) is 2.62. The predicted octanol–water partition coefficient (Wildman–Crippen LogP) is 5.48. The van der Waals surface area contributed by atoms with Crippen molar-refractivity contribution in [2.45, 2.75) is 90.0 Å². The number of halogens is 1. The average Bonchev–Trinajstić information content (AvgIpc) is 2.56. The molecule has 1 rings (SSSR count). The lowest BCUT2D eigenvalue weighted by atomic mass is 9.91. The van der Waals surface area contributed by atoms with Gasteiger partial charge in [0, 0.05) is 24.5 Å². The topological polar surface area (TPSA) is 12.5 Å². The minimum Gasteiger partial charge on any atom is -0.379 e. The van der Waals surface area contributed by atoms with Gasteiger partial charge in [0.2, 0.25) is 0 Å². The third-order valence-electron chi connectivity index (χ3n) is 5.18. The van der Waals surface area contributed by atoms with Crippen LogP contribution in [0.5, 0.6) is 0 Å². The molecule has 0 spiro atoms. The number of morpholine rings is 1. The summed E-state index contributed by atoms with van der Waals surface area (Å²) in [5.41, 5.74) is 0. The van der Waals surface area contributed by atoms with Crippen LogP contribution in [0.3, 0.4) is 0 Å². The highest BCUT2D eigenvalue weighted by Crippen LogP contribution is 2.25. The zero-order chi connectivity index (χ0) is 16.2. The van der Waals surface area contributed by atoms with Gasteiger partial charge in [-0.25, -0.2) is 0 Å². The average molecular weight is 332 g/mol. The Kier molecular flexibility index (Phi) is 11.6. The standard InChI is InChI=1S/C19H38ClNO/c1-4-6-7-8-9-10-11-18(20)16-19(17(3)5-2)21-12-14-22-15-13-21/h17-19H,4-16H2,1-3H3. The summed E-state index contributed by atoms with van der Waals surface area (Å²) >= 11 is 6.68. The molecule has 0 aromatic rings. The Labute approximate surface area is 143 Å². The van der Waals surface area contributed by atoms with Crippen molar-refractivity contribution >= 4 is 11.6 Å². The molecule has 0 aromatic heterocycles. The molecular formula is C19H38ClNO.